The van der Waals surface area contributed by atoms with E-state index in [2.05, 4.69) is 24.2 Å². The number of hydrogen-bond acceptors (Lipinski definition) is 3. The Bertz CT molecular complexity index is 323. The van der Waals surface area contributed by atoms with Crippen LogP contribution in [0.15, 0.2) is 0 Å². The summed E-state index contributed by atoms with van der Waals surface area (Å²) in [5.74, 6) is 0.863. The molecule has 0 aromatic rings. The Morgan fingerprint density at radius 2 is 1.95 bits per heavy atom. The van der Waals surface area contributed by atoms with Gasteiger partial charge in [0.25, 0.3) is 0 Å². The molecule has 3 unspecified atom stereocenters. The maximum absolute atomic E-state index is 5.89. The molecule has 122 valence electrons. The fourth-order valence-corrected chi connectivity index (χ4v) is 4.48. The molecule has 21 heavy (non-hydrogen) atoms. The Hall–Kier alpha value is -0.120. The van der Waals surface area contributed by atoms with Crippen LogP contribution < -0.4 is 5.32 Å². The third-order valence-electron chi connectivity index (χ3n) is 5.96. The summed E-state index contributed by atoms with van der Waals surface area (Å²) in [5, 5.41) is 3.78. The highest BCUT2D eigenvalue weighted by molar-refractivity contribution is 4.92. The Labute approximate surface area is 130 Å². The van der Waals surface area contributed by atoms with Crippen LogP contribution in [-0.4, -0.2) is 50.3 Å². The van der Waals surface area contributed by atoms with Gasteiger partial charge in [0.2, 0.25) is 0 Å². The molecule has 0 bridgehead atoms. The van der Waals surface area contributed by atoms with Gasteiger partial charge in [0.1, 0.15) is 0 Å². The van der Waals surface area contributed by atoms with Gasteiger partial charge in [-0.2, -0.15) is 0 Å². The average Bonchev–Trinajstić information content (AvgIpc) is 3.31. The van der Waals surface area contributed by atoms with Gasteiger partial charge in [0.15, 0.2) is 0 Å². The minimum Gasteiger partial charge on any atom is -0.381 e. The molecule has 0 aromatic carbocycles. The van der Waals surface area contributed by atoms with Gasteiger partial charge in [0.05, 0.1) is 6.61 Å². The van der Waals surface area contributed by atoms with Crippen molar-refractivity contribution < 1.29 is 4.74 Å². The van der Waals surface area contributed by atoms with Crippen molar-refractivity contribution in [3.05, 3.63) is 0 Å². The van der Waals surface area contributed by atoms with E-state index < -0.39 is 0 Å². The first kappa shape index (κ1) is 15.8. The molecular weight excluding hydrogens is 260 g/mol. The third kappa shape index (κ3) is 4.20. The molecule has 1 aliphatic heterocycles. The monoisotopic (exact) mass is 294 g/mol. The molecule has 0 amide bonds. The van der Waals surface area contributed by atoms with Crippen molar-refractivity contribution in [2.45, 2.75) is 70.4 Å². The Morgan fingerprint density at radius 1 is 1.14 bits per heavy atom. The zero-order chi connectivity index (χ0) is 14.7. The number of nitrogens with zero attached hydrogens (tertiary/aromatic N) is 1. The van der Waals surface area contributed by atoms with Gasteiger partial charge >= 0.3 is 0 Å². The molecule has 3 atom stereocenters. The lowest BCUT2D eigenvalue weighted by atomic mass is 9.79. The fourth-order valence-electron chi connectivity index (χ4n) is 4.48. The van der Waals surface area contributed by atoms with Gasteiger partial charge in [-0.3, -0.25) is 0 Å². The highest BCUT2D eigenvalue weighted by Crippen LogP contribution is 2.34. The number of rotatable bonds is 6. The first-order chi connectivity index (χ1) is 10.2. The minimum atomic E-state index is 0.354. The predicted molar refractivity (Wildman–Crippen MR) is 87.6 cm³/mol. The maximum atomic E-state index is 5.89. The van der Waals surface area contributed by atoms with Crippen molar-refractivity contribution in [1.82, 2.24) is 10.2 Å². The largest absolute Gasteiger partial charge is 0.381 e. The third-order valence-corrected chi connectivity index (χ3v) is 5.96. The van der Waals surface area contributed by atoms with Crippen molar-refractivity contribution in [3.63, 3.8) is 0 Å². The lowest BCUT2D eigenvalue weighted by Crippen LogP contribution is -2.52. The second-order valence-electron chi connectivity index (χ2n) is 8.06. The molecule has 3 aliphatic rings. The van der Waals surface area contributed by atoms with E-state index in [-0.39, 0.29) is 0 Å². The SMILES string of the molecule is CC1CCCCC1N(C)CC1(CNC2CC2)CCCOC1. The van der Waals surface area contributed by atoms with Crippen LogP contribution in [0.1, 0.15) is 58.3 Å². The molecular formula is C18H34N2O. The highest BCUT2D eigenvalue weighted by atomic mass is 16.5. The van der Waals surface area contributed by atoms with Gasteiger partial charge in [-0.15, -0.1) is 0 Å². The molecule has 3 fully saturated rings. The zero-order valence-electron chi connectivity index (χ0n) is 14.1. The molecule has 1 saturated heterocycles. The van der Waals surface area contributed by atoms with E-state index in [1.807, 2.05) is 0 Å². The van der Waals surface area contributed by atoms with Gasteiger partial charge in [-0.05, 0) is 51.5 Å². The van der Waals surface area contributed by atoms with E-state index in [0.717, 1.165) is 37.8 Å². The van der Waals surface area contributed by atoms with Crippen LogP contribution in [0, 0.1) is 11.3 Å². The van der Waals surface area contributed by atoms with Crippen LogP contribution in [0.2, 0.25) is 0 Å². The molecule has 0 aromatic heterocycles. The molecule has 1 N–H and O–H groups in total. The van der Waals surface area contributed by atoms with Crippen LogP contribution in [0.25, 0.3) is 0 Å². The van der Waals surface area contributed by atoms with Crippen LogP contribution >= 0.6 is 0 Å². The summed E-state index contributed by atoms with van der Waals surface area (Å²) in [6.07, 6.45) is 11.0. The summed E-state index contributed by atoms with van der Waals surface area (Å²) >= 11 is 0. The smallest absolute Gasteiger partial charge is 0.0546 e. The average molecular weight is 294 g/mol. The first-order valence-corrected chi connectivity index (χ1v) is 9.20. The minimum absolute atomic E-state index is 0.354. The van der Waals surface area contributed by atoms with E-state index in [1.54, 1.807) is 0 Å². The summed E-state index contributed by atoms with van der Waals surface area (Å²) in [7, 11) is 2.36. The van der Waals surface area contributed by atoms with Crippen molar-refractivity contribution in [3.8, 4) is 0 Å². The maximum Gasteiger partial charge on any atom is 0.0546 e. The summed E-state index contributed by atoms with van der Waals surface area (Å²) in [5.41, 5.74) is 0.354. The molecule has 1 heterocycles. The topological polar surface area (TPSA) is 24.5 Å². The van der Waals surface area contributed by atoms with Crippen LogP contribution in [-0.2, 0) is 4.74 Å². The second-order valence-corrected chi connectivity index (χ2v) is 8.06. The Balaban J connectivity index is 1.58. The number of hydrogen-bond donors (Lipinski definition) is 1. The summed E-state index contributed by atoms with van der Waals surface area (Å²) in [6, 6.07) is 1.60. The Kier molecular flexibility index (Phi) is 5.23. The summed E-state index contributed by atoms with van der Waals surface area (Å²) in [4.78, 5) is 2.67. The normalized spacial score (nSPS) is 37.9. The number of nitrogens with one attached hydrogen (secondary N) is 1. The standard InChI is InChI=1S/C18H34N2O/c1-15-6-3-4-7-17(15)20(2)13-18(10-5-11-21-14-18)12-19-16-8-9-16/h15-17,19H,3-14H2,1-2H3. The molecule has 3 rings (SSSR count). The first-order valence-electron chi connectivity index (χ1n) is 9.20. The summed E-state index contributed by atoms with van der Waals surface area (Å²) in [6.45, 7) is 6.74. The lowest BCUT2D eigenvalue weighted by Gasteiger charge is -2.44. The van der Waals surface area contributed by atoms with Crippen molar-refractivity contribution in [2.24, 2.45) is 11.3 Å². The van der Waals surface area contributed by atoms with Crippen molar-refractivity contribution in [2.75, 3.05) is 33.4 Å². The fraction of sp³-hybridized carbons (Fsp3) is 1.00. The van der Waals surface area contributed by atoms with Gasteiger partial charge in [-0.1, -0.05) is 19.8 Å². The molecule has 0 spiro atoms. The van der Waals surface area contributed by atoms with E-state index in [1.165, 1.54) is 57.9 Å². The zero-order valence-corrected chi connectivity index (χ0v) is 14.1. The molecule has 2 aliphatic carbocycles. The van der Waals surface area contributed by atoms with Crippen molar-refractivity contribution in [1.29, 1.82) is 0 Å². The number of ether oxygens (including phenoxy) is 1. The highest BCUT2D eigenvalue weighted by Gasteiger charge is 2.38. The predicted octanol–water partition coefficient (Wildman–Crippen LogP) is 3.05. The van der Waals surface area contributed by atoms with Gasteiger partial charge in [0, 0.05) is 37.2 Å². The van der Waals surface area contributed by atoms with E-state index in [9.17, 15) is 0 Å². The van der Waals surface area contributed by atoms with E-state index >= 15 is 0 Å². The van der Waals surface area contributed by atoms with Crippen LogP contribution in [0.4, 0.5) is 0 Å². The quantitative estimate of drug-likeness (QED) is 0.815. The van der Waals surface area contributed by atoms with Crippen molar-refractivity contribution >= 4 is 0 Å². The molecule has 3 heteroatoms. The summed E-state index contributed by atoms with van der Waals surface area (Å²) < 4.78 is 5.89. The van der Waals surface area contributed by atoms with Crippen LogP contribution in [0.3, 0.4) is 0 Å². The second kappa shape index (κ2) is 6.97. The van der Waals surface area contributed by atoms with Crippen LogP contribution in [0.5, 0.6) is 0 Å². The van der Waals surface area contributed by atoms with Gasteiger partial charge < -0.3 is 15.0 Å². The van der Waals surface area contributed by atoms with E-state index in [0.29, 0.717) is 5.41 Å². The van der Waals surface area contributed by atoms with Gasteiger partial charge in [-0.25, -0.2) is 0 Å². The molecule has 3 nitrogen and oxygen atoms in total. The molecule has 0 radical (unpaired) electrons. The van der Waals surface area contributed by atoms with E-state index in [4.69, 9.17) is 4.74 Å². The lowest BCUT2D eigenvalue weighted by molar-refractivity contribution is -0.0346. The molecule has 2 saturated carbocycles. The Morgan fingerprint density at radius 3 is 2.62 bits per heavy atom.